The van der Waals surface area contributed by atoms with Crippen molar-refractivity contribution in [1.82, 2.24) is 19.1 Å². The van der Waals surface area contributed by atoms with E-state index in [0.717, 1.165) is 18.0 Å². The maximum Gasteiger partial charge on any atom is 0.282 e. The molecule has 0 amide bonds. The second-order valence-electron chi connectivity index (χ2n) is 2.67. The van der Waals surface area contributed by atoms with E-state index in [9.17, 15) is 4.79 Å². The highest BCUT2D eigenvalue weighted by molar-refractivity contribution is 7.12. The lowest BCUT2D eigenvalue weighted by Crippen LogP contribution is -2.20. The van der Waals surface area contributed by atoms with Crippen LogP contribution in [0.1, 0.15) is 13.3 Å². The molecule has 0 saturated heterocycles. The Morgan fingerprint density at radius 3 is 3.23 bits per heavy atom. The SMILES string of the molecule is CCCn1cnc2snnc2c1=O. The molecule has 2 heterocycles. The Morgan fingerprint density at radius 2 is 2.46 bits per heavy atom. The first kappa shape index (κ1) is 8.31. The molecule has 13 heavy (non-hydrogen) atoms. The molecule has 0 atom stereocenters. The Morgan fingerprint density at radius 1 is 1.62 bits per heavy atom. The van der Waals surface area contributed by atoms with Crippen LogP contribution in [0.3, 0.4) is 0 Å². The van der Waals surface area contributed by atoms with Crippen LogP contribution in [0.25, 0.3) is 10.3 Å². The highest BCUT2D eigenvalue weighted by Crippen LogP contribution is 2.05. The molecule has 2 aromatic heterocycles. The van der Waals surface area contributed by atoms with Gasteiger partial charge in [-0.05, 0) is 6.42 Å². The molecule has 6 heteroatoms. The smallest absolute Gasteiger partial charge is 0.282 e. The molecule has 68 valence electrons. The summed E-state index contributed by atoms with van der Waals surface area (Å²) >= 11 is 1.14. The third kappa shape index (κ3) is 1.33. The lowest BCUT2D eigenvalue weighted by molar-refractivity contribution is 0.647. The Balaban J connectivity index is 2.67. The van der Waals surface area contributed by atoms with Crippen molar-refractivity contribution >= 4 is 21.9 Å². The van der Waals surface area contributed by atoms with Gasteiger partial charge in [0.05, 0.1) is 6.33 Å². The third-order valence-corrected chi connectivity index (χ3v) is 2.35. The van der Waals surface area contributed by atoms with E-state index in [2.05, 4.69) is 14.6 Å². The Bertz CT molecular complexity index is 475. The van der Waals surface area contributed by atoms with Crippen molar-refractivity contribution in [3.8, 4) is 0 Å². The standard InChI is InChI=1S/C7H8N4OS/c1-2-3-11-4-8-6-5(7(11)12)9-10-13-6/h4H,2-3H2,1H3. The van der Waals surface area contributed by atoms with Gasteiger partial charge in [-0.15, -0.1) is 5.10 Å². The minimum Gasteiger partial charge on any atom is -0.297 e. The summed E-state index contributed by atoms with van der Waals surface area (Å²) in [6.45, 7) is 2.69. The van der Waals surface area contributed by atoms with Crippen molar-refractivity contribution < 1.29 is 0 Å². The summed E-state index contributed by atoms with van der Waals surface area (Å²) in [6.07, 6.45) is 2.46. The number of fused-ring (bicyclic) bond motifs is 1. The number of aromatic nitrogens is 4. The molecule has 0 radical (unpaired) electrons. The van der Waals surface area contributed by atoms with Gasteiger partial charge in [-0.1, -0.05) is 11.4 Å². The van der Waals surface area contributed by atoms with Crippen molar-refractivity contribution in [2.75, 3.05) is 0 Å². The van der Waals surface area contributed by atoms with Crippen molar-refractivity contribution in [2.24, 2.45) is 0 Å². The zero-order valence-electron chi connectivity index (χ0n) is 7.10. The first-order chi connectivity index (χ1) is 6.33. The van der Waals surface area contributed by atoms with E-state index in [-0.39, 0.29) is 5.56 Å². The van der Waals surface area contributed by atoms with E-state index in [4.69, 9.17) is 0 Å². The monoisotopic (exact) mass is 196 g/mol. The molecule has 0 N–H and O–H groups in total. The van der Waals surface area contributed by atoms with Crippen LogP contribution < -0.4 is 5.56 Å². The van der Waals surface area contributed by atoms with Gasteiger partial charge in [0.15, 0.2) is 10.3 Å². The average molecular weight is 196 g/mol. The average Bonchev–Trinajstić information content (AvgIpc) is 2.58. The van der Waals surface area contributed by atoms with Crippen molar-refractivity contribution in [3.63, 3.8) is 0 Å². The zero-order valence-corrected chi connectivity index (χ0v) is 7.91. The number of hydrogen-bond donors (Lipinski definition) is 0. The summed E-state index contributed by atoms with van der Waals surface area (Å²) in [5.41, 5.74) is 0.279. The second-order valence-corrected chi connectivity index (χ2v) is 3.40. The van der Waals surface area contributed by atoms with Crippen molar-refractivity contribution in [2.45, 2.75) is 19.9 Å². The van der Waals surface area contributed by atoms with Crippen LogP contribution in [0.2, 0.25) is 0 Å². The Labute approximate surface area is 78.2 Å². The number of aryl methyl sites for hydroxylation is 1. The summed E-state index contributed by atoms with van der Waals surface area (Å²) in [5, 5.41) is 3.73. The van der Waals surface area contributed by atoms with Crippen LogP contribution in [-0.2, 0) is 6.54 Å². The fourth-order valence-electron chi connectivity index (χ4n) is 1.12. The first-order valence-electron chi connectivity index (χ1n) is 4.00. The maximum atomic E-state index is 11.6. The number of rotatable bonds is 2. The largest absolute Gasteiger partial charge is 0.297 e. The van der Waals surface area contributed by atoms with Crippen LogP contribution in [-0.4, -0.2) is 19.1 Å². The lowest BCUT2D eigenvalue weighted by atomic mass is 10.4. The predicted molar refractivity (Wildman–Crippen MR) is 49.8 cm³/mol. The normalized spacial score (nSPS) is 10.8. The van der Waals surface area contributed by atoms with Crippen molar-refractivity contribution in [3.05, 3.63) is 16.7 Å². The van der Waals surface area contributed by atoms with Gasteiger partial charge < -0.3 is 0 Å². The fourth-order valence-corrected chi connectivity index (χ4v) is 1.62. The summed E-state index contributed by atoms with van der Waals surface area (Å²) in [7, 11) is 0. The Kier molecular flexibility index (Phi) is 2.05. The Hall–Kier alpha value is -1.30. The van der Waals surface area contributed by atoms with Crippen LogP contribution in [0.4, 0.5) is 0 Å². The van der Waals surface area contributed by atoms with Crippen LogP contribution in [0.5, 0.6) is 0 Å². The van der Waals surface area contributed by atoms with Gasteiger partial charge in [-0.3, -0.25) is 9.36 Å². The fraction of sp³-hybridized carbons (Fsp3) is 0.429. The van der Waals surface area contributed by atoms with Crippen LogP contribution in [0.15, 0.2) is 11.1 Å². The van der Waals surface area contributed by atoms with E-state index in [1.54, 1.807) is 10.9 Å². The van der Waals surface area contributed by atoms with E-state index >= 15 is 0 Å². The second kappa shape index (κ2) is 3.21. The molecule has 0 saturated carbocycles. The van der Waals surface area contributed by atoms with Gasteiger partial charge in [0.1, 0.15) is 0 Å². The van der Waals surface area contributed by atoms with Gasteiger partial charge >= 0.3 is 0 Å². The van der Waals surface area contributed by atoms with Crippen molar-refractivity contribution in [1.29, 1.82) is 0 Å². The van der Waals surface area contributed by atoms with Crippen LogP contribution >= 0.6 is 11.5 Å². The number of nitrogens with zero attached hydrogens (tertiary/aromatic N) is 4. The molecule has 0 aliphatic heterocycles. The highest BCUT2D eigenvalue weighted by atomic mass is 32.1. The molecular weight excluding hydrogens is 188 g/mol. The van der Waals surface area contributed by atoms with Gasteiger partial charge in [0.25, 0.3) is 5.56 Å². The molecule has 0 bridgehead atoms. The zero-order chi connectivity index (χ0) is 9.26. The van der Waals surface area contributed by atoms with Gasteiger partial charge in [-0.25, -0.2) is 4.98 Å². The van der Waals surface area contributed by atoms with Gasteiger partial charge in [-0.2, -0.15) is 0 Å². The summed E-state index contributed by atoms with van der Waals surface area (Å²) in [4.78, 5) is 16.3. The third-order valence-electron chi connectivity index (χ3n) is 1.71. The minimum absolute atomic E-state index is 0.0967. The van der Waals surface area contributed by atoms with E-state index in [1.165, 1.54) is 0 Å². The molecule has 0 aliphatic rings. The first-order valence-corrected chi connectivity index (χ1v) is 4.77. The molecule has 0 aliphatic carbocycles. The highest BCUT2D eigenvalue weighted by Gasteiger charge is 2.06. The molecule has 2 aromatic rings. The number of hydrogen-bond acceptors (Lipinski definition) is 5. The minimum atomic E-state index is -0.0967. The van der Waals surface area contributed by atoms with Crippen LogP contribution in [0, 0.1) is 0 Å². The van der Waals surface area contributed by atoms with Gasteiger partial charge in [0, 0.05) is 18.1 Å². The van der Waals surface area contributed by atoms with E-state index in [1.807, 2.05) is 6.92 Å². The summed E-state index contributed by atoms with van der Waals surface area (Å²) in [5.74, 6) is 0. The molecule has 5 nitrogen and oxygen atoms in total. The maximum absolute atomic E-state index is 11.6. The molecule has 0 unspecified atom stereocenters. The van der Waals surface area contributed by atoms with E-state index < -0.39 is 0 Å². The lowest BCUT2D eigenvalue weighted by Gasteiger charge is -1.99. The summed E-state index contributed by atoms with van der Waals surface area (Å²) in [6, 6.07) is 0. The molecule has 0 spiro atoms. The molecular formula is C7H8N4OS. The molecule has 0 aromatic carbocycles. The molecule has 0 fully saturated rings. The van der Waals surface area contributed by atoms with Gasteiger partial charge in [0.2, 0.25) is 0 Å². The topological polar surface area (TPSA) is 60.7 Å². The van der Waals surface area contributed by atoms with E-state index in [0.29, 0.717) is 16.9 Å². The molecule has 2 rings (SSSR count). The predicted octanol–water partition coefficient (Wildman–Crippen LogP) is 0.658. The quantitative estimate of drug-likeness (QED) is 0.707. The summed E-state index contributed by atoms with van der Waals surface area (Å²) < 4.78 is 5.24.